The Morgan fingerprint density at radius 3 is 3.11 bits per heavy atom. The van der Waals surface area contributed by atoms with Crippen molar-refractivity contribution in [3.8, 4) is 5.88 Å². The van der Waals surface area contributed by atoms with Gasteiger partial charge in [0.2, 0.25) is 5.88 Å². The molecular formula is C14H22N2O2. The molecule has 1 aliphatic carbocycles. The smallest absolute Gasteiger partial charge is 0.213 e. The first-order valence-corrected chi connectivity index (χ1v) is 6.52. The molecule has 2 rings (SSSR count). The maximum absolute atomic E-state index is 9.50. The Bertz CT molecular complexity index is 397. The van der Waals surface area contributed by atoms with E-state index in [1.165, 1.54) is 6.42 Å². The van der Waals surface area contributed by atoms with Crippen molar-refractivity contribution in [3.63, 3.8) is 0 Å². The number of rotatable bonds is 5. The lowest BCUT2D eigenvalue weighted by molar-refractivity contribution is 0.118. The molecule has 0 aromatic carbocycles. The summed E-state index contributed by atoms with van der Waals surface area (Å²) < 4.78 is 5.11. The van der Waals surface area contributed by atoms with Crippen molar-refractivity contribution in [2.45, 2.75) is 38.8 Å². The maximum Gasteiger partial charge on any atom is 0.213 e. The van der Waals surface area contributed by atoms with Gasteiger partial charge in [0.1, 0.15) is 0 Å². The van der Waals surface area contributed by atoms with Crippen LogP contribution in [0.3, 0.4) is 0 Å². The van der Waals surface area contributed by atoms with E-state index in [9.17, 15) is 5.11 Å². The van der Waals surface area contributed by atoms with Crippen LogP contribution in [0.2, 0.25) is 0 Å². The molecule has 1 aromatic heterocycles. The predicted octanol–water partition coefficient (Wildman–Crippen LogP) is 1.73. The molecule has 1 aliphatic rings. The molecule has 1 aromatic rings. The third-order valence-corrected chi connectivity index (χ3v) is 3.96. The number of nitrogens with zero attached hydrogens (tertiary/aromatic N) is 1. The molecule has 18 heavy (non-hydrogen) atoms. The Morgan fingerprint density at radius 1 is 1.56 bits per heavy atom. The zero-order valence-electron chi connectivity index (χ0n) is 11.1. The highest BCUT2D eigenvalue weighted by atomic mass is 16.5. The molecule has 0 aliphatic heterocycles. The van der Waals surface area contributed by atoms with E-state index in [4.69, 9.17) is 4.74 Å². The topological polar surface area (TPSA) is 54.4 Å². The maximum atomic E-state index is 9.50. The average Bonchev–Trinajstić information content (AvgIpc) is 2.79. The van der Waals surface area contributed by atoms with E-state index in [0.29, 0.717) is 11.9 Å². The molecule has 1 fully saturated rings. The number of methoxy groups -OCH3 is 1. The second-order valence-corrected chi connectivity index (χ2v) is 5.31. The Balaban J connectivity index is 1.94. The molecule has 0 saturated heterocycles. The summed E-state index contributed by atoms with van der Waals surface area (Å²) in [5, 5.41) is 13.0. The second kappa shape index (κ2) is 5.67. The Kier molecular flexibility index (Phi) is 4.19. The molecule has 4 heteroatoms. The summed E-state index contributed by atoms with van der Waals surface area (Å²) in [6.45, 7) is 3.12. The summed E-state index contributed by atoms with van der Waals surface area (Å²) >= 11 is 0. The number of nitrogens with one attached hydrogen (secondary N) is 1. The van der Waals surface area contributed by atoms with Crippen LogP contribution in [0, 0.1) is 5.41 Å². The lowest BCUT2D eigenvalue weighted by Gasteiger charge is -2.30. The molecule has 1 saturated carbocycles. The number of ether oxygens (including phenoxy) is 1. The van der Waals surface area contributed by atoms with Gasteiger partial charge >= 0.3 is 0 Å². The minimum absolute atomic E-state index is 0.0128. The first-order valence-electron chi connectivity index (χ1n) is 6.52. The SMILES string of the molecule is COc1cccc(CN[C@@H]2CCC[C@@]2(C)CO)n1. The standard InChI is InChI=1S/C14H22N2O2/c1-14(10-17)8-4-6-12(14)15-9-11-5-3-7-13(16-11)18-2/h3,5,7,12,15,17H,4,6,8-10H2,1-2H3/t12-,14+/m1/s1. The van der Waals surface area contributed by atoms with E-state index in [1.54, 1.807) is 7.11 Å². The normalized spacial score (nSPS) is 27.4. The Morgan fingerprint density at radius 2 is 2.39 bits per heavy atom. The van der Waals surface area contributed by atoms with Crippen LogP contribution in [0.5, 0.6) is 5.88 Å². The van der Waals surface area contributed by atoms with E-state index in [-0.39, 0.29) is 12.0 Å². The van der Waals surface area contributed by atoms with Gasteiger partial charge in [0.15, 0.2) is 0 Å². The number of aliphatic hydroxyl groups is 1. The van der Waals surface area contributed by atoms with Crippen molar-refractivity contribution < 1.29 is 9.84 Å². The van der Waals surface area contributed by atoms with Crippen LogP contribution in [0.1, 0.15) is 31.9 Å². The van der Waals surface area contributed by atoms with Gasteiger partial charge in [-0.15, -0.1) is 0 Å². The summed E-state index contributed by atoms with van der Waals surface area (Å²) in [4.78, 5) is 4.38. The summed E-state index contributed by atoms with van der Waals surface area (Å²) in [7, 11) is 1.62. The zero-order valence-corrected chi connectivity index (χ0v) is 11.1. The van der Waals surface area contributed by atoms with Crippen LogP contribution in [0.4, 0.5) is 0 Å². The van der Waals surface area contributed by atoms with Gasteiger partial charge in [-0.1, -0.05) is 19.4 Å². The monoisotopic (exact) mass is 250 g/mol. The molecule has 2 N–H and O–H groups in total. The number of pyridine rings is 1. The van der Waals surface area contributed by atoms with Crippen molar-refractivity contribution in [3.05, 3.63) is 23.9 Å². The average molecular weight is 250 g/mol. The molecular weight excluding hydrogens is 228 g/mol. The van der Waals surface area contributed by atoms with Gasteiger partial charge < -0.3 is 15.2 Å². The molecule has 0 amide bonds. The van der Waals surface area contributed by atoms with E-state index in [1.807, 2.05) is 18.2 Å². The number of hydrogen-bond acceptors (Lipinski definition) is 4. The summed E-state index contributed by atoms with van der Waals surface area (Å²) in [5.74, 6) is 0.644. The number of hydrogen-bond donors (Lipinski definition) is 2. The number of aromatic nitrogens is 1. The van der Waals surface area contributed by atoms with Gasteiger partial charge in [-0.25, -0.2) is 4.98 Å². The van der Waals surface area contributed by atoms with Crippen molar-refractivity contribution in [2.24, 2.45) is 5.41 Å². The second-order valence-electron chi connectivity index (χ2n) is 5.31. The first kappa shape index (κ1) is 13.3. The first-order chi connectivity index (χ1) is 8.68. The molecule has 0 unspecified atom stereocenters. The fraction of sp³-hybridized carbons (Fsp3) is 0.643. The predicted molar refractivity (Wildman–Crippen MR) is 70.5 cm³/mol. The molecule has 2 atom stereocenters. The van der Waals surface area contributed by atoms with Gasteiger partial charge in [-0.3, -0.25) is 0 Å². The van der Waals surface area contributed by atoms with E-state index in [0.717, 1.165) is 25.1 Å². The van der Waals surface area contributed by atoms with Gasteiger partial charge in [-0.05, 0) is 18.9 Å². The van der Waals surface area contributed by atoms with Crippen molar-refractivity contribution in [1.82, 2.24) is 10.3 Å². The van der Waals surface area contributed by atoms with Crippen molar-refractivity contribution in [1.29, 1.82) is 0 Å². The highest BCUT2D eigenvalue weighted by molar-refractivity contribution is 5.15. The third kappa shape index (κ3) is 2.82. The van der Waals surface area contributed by atoms with Crippen LogP contribution in [-0.4, -0.2) is 29.8 Å². The van der Waals surface area contributed by atoms with E-state index < -0.39 is 0 Å². The molecule has 0 spiro atoms. The highest BCUT2D eigenvalue weighted by Gasteiger charge is 2.37. The molecule has 100 valence electrons. The summed E-state index contributed by atoms with van der Waals surface area (Å²) in [6, 6.07) is 6.15. The molecule has 4 nitrogen and oxygen atoms in total. The van der Waals surface area contributed by atoms with Gasteiger partial charge in [0.25, 0.3) is 0 Å². The highest BCUT2D eigenvalue weighted by Crippen LogP contribution is 2.37. The summed E-state index contributed by atoms with van der Waals surface area (Å²) in [6.07, 6.45) is 3.40. The molecule has 1 heterocycles. The largest absolute Gasteiger partial charge is 0.481 e. The third-order valence-electron chi connectivity index (χ3n) is 3.96. The molecule has 0 radical (unpaired) electrons. The lowest BCUT2D eigenvalue weighted by Crippen LogP contribution is -2.41. The Hall–Kier alpha value is -1.13. The Labute approximate surface area is 108 Å². The van der Waals surface area contributed by atoms with Crippen LogP contribution in [0.15, 0.2) is 18.2 Å². The fourth-order valence-corrected chi connectivity index (χ4v) is 2.67. The van der Waals surface area contributed by atoms with Crippen molar-refractivity contribution in [2.75, 3.05) is 13.7 Å². The van der Waals surface area contributed by atoms with Crippen LogP contribution in [0.25, 0.3) is 0 Å². The minimum atomic E-state index is 0.0128. The van der Waals surface area contributed by atoms with Crippen LogP contribution < -0.4 is 10.1 Å². The van der Waals surface area contributed by atoms with Crippen LogP contribution >= 0.6 is 0 Å². The summed E-state index contributed by atoms with van der Waals surface area (Å²) in [5.41, 5.74) is 0.986. The number of aliphatic hydroxyl groups excluding tert-OH is 1. The van der Waals surface area contributed by atoms with E-state index >= 15 is 0 Å². The lowest BCUT2D eigenvalue weighted by atomic mass is 9.86. The van der Waals surface area contributed by atoms with Gasteiger partial charge in [0, 0.05) is 30.7 Å². The molecule has 0 bridgehead atoms. The van der Waals surface area contributed by atoms with E-state index in [2.05, 4.69) is 17.2 Å². The quantitative estimate of drug-likeness (QED) is 0.835. The fourth-order valence-electron chi connectivity index (χ4n) is 2.67. The van der Waals surface area contributed by atoms with Crippen LogP contribution in [-0.2, 0) is 6.54 Å². The van der Waals surface area contributed by atoms with Crippen molar-refractivity contribution >= 4 is 0 Å². The van der Waals surface area contributed by atoms with Gasteiger partial charge in [0.05, 0.1) is 12.8 Å². The minimum Gasteiger partial charge on any atom is -0.481 e. The zero-order chi connectivity index (χ0) is 13.0. The van der Waals surface area contributed by atoms with Gasteiger partial charge in [-0.2, -0.15) is 0 Å².